The molecule has 0 radical (unpaired) electrons. The number of rotatable bonds is 4. The molecule has 0 spiro atoms. The van der Waals surface area contributed by atoms with E-state index in [1.54, 1.807) is 0 Å². The first-order valence-corrected chi connectivity index (χ1v) is 7.79. The third kappa shape index (κ3) is 3.07. The van der Waals surface area contributed by atoms with Gasteiger partial charge in [0.1, 0.15) is 4.90 Å². The van der Waals surface area contributed by atoms with Crippen LogP contribution in [0.2, 0.25) is 0 Å². The highest BCUT2D eigenvalue weighted by Gasteiger charge is 2.34. The number of anilines is 1. The van der Waals surface area contributed by atoms with Crippen molar-refractivity contribution in [2.45, 2.75) is 43.7 Å². The number of aryl methyl sites for hydroxylation is 1. The summed E-state index contributed by atoms with van der Waals surface area (Å²) in [6, 6.07) is 0. The molecule has 1 saturated heterocycles. The lowest BCUT2D eigenvalue weighted by Gasteiger charge is -2.33. The monoisotopic (exact) mass is 288 g/mol. The summed E-state index contributed by atoms with van der Waals surface area (Å²) in [7, 11) is -3.65. The SMILES string of the molecule is CCn1cc(S(=O)(=O)NC2(C)CCOCC2)c(N)n1. The van der Waals surface area contributed by atoms with Gasteiger partial charge in [0.15, 0.2) is 5.82 Å². The van der Waals surface area contributed by atoms with Gasteiger partial charge >= 0.3 is 0 Å². The van der Waals surface area contributed by atoms with Crippen LogP contribution in [0.4, 0.5) is 5.82 Å². The second-order valence-electron chi connectivity index (χ2n) is 5.01. The van der Waals surface area contributed by atoms with Crippen molar-refractivity contribution in [1.82, 2.24) is 14.5 Å². The summed E-state index contributed by atoms with van der Waals surface area (Å²) in [6.07, 6.45) is 2.75. The van der Waals surface area contributed by atoms with Crippen molar-refractivity contribution in [2.24, 2.45) is 0 Å². The van der Waals surface area contributed by atoms with Crippen LogP contribution in [0.5, 0.6) is 0 Å². The molecule has 1 aliphatic heterocycles. The maximum atomic E-state index is 12.4. The number of ether oxygens (including phenoxy) is 1. The zero-order valence-electron chi connectivity index (χ0n) is 11.2. The van der Waals surface area contributed by atoms with Crippen LogP contribution in [0.15, 0.2) is 11.1 Å². The summed E-state index contributed by atoms with van der Waals surface area (Å²) in [5.41, 5.74) is 5.19. The van der Waals surface area contributed by atoms with Crippen LogP contribution in [0.3, 0.4) is 0 Å². The standard InChI is InChI=1S/C11H20N4O3S/c1-3-15-8-9(10(12)13-15)19(16,17)14-11(2)4-6-18-7-5-11/h8,14H,3-7H2,1-2H3,(H2,12,13). The second kappa shape index (κ2) is 5.10. The lowest BCUT2D eigenvalue weighted by Crippen LogP contribution is -2.49. The van der Waals surface area contributed by atoms with Crippen molar-refractivity contribution in [2.75, 3.05) is 18.9 Å². The van der Waals surface area contributed by atoms with E-state index in [1.165, 1.54) is 10.9 Å². The number of hydrogen-bond acceptors (Lipinski definition) is 5. The molecule has 108 valence electrons. The Hall–Kier alpha value is -1.12. The van der Waals surface area contributed by atoms with Crippen LogP contribution in [0, 0.1) is 0 Å². The highest BCUT2D eigenvalue weighted by Crippen LogP contribution is 2.24. The highest BCUT2D eigenvalue weighted by atomic mass is 32.2. The van der Waals surface area contributed by atoms with E-state index in [-0.39, 0.29) is 10.7 Å². The summed E-state index contributed by atoms with van der Waals surface area (Å²) in [5, 5.41) is 3.96. The smallest absolute Gasteiger partial charge is 0.246 e. The second-order valence-corrected chi connectivity index (χ2v) is 6.66. The van der Waals surface area contributed by atoms with Gasteiger partial charge in [-0.15, -0.1) is 0 Å². The molecule has 3 N–H and O–H groups in total. The van der Waals surface area contributed by atoms with Crippen molar-refractivity contribution >= 4 is 15.8 Å². The van der Waals surface area contributed by atoms with Crippen LogP contribution < -0.4 is 10.5 Å². The van der Waals surface area contributed by atoms with Crippen molar-refractivity contribution < 1.29 is 13.2 Å². The first-order valence-electron chi connectivity index (χ1n) is 6.31. The summed E-state index contributed by atoms with van der Waals surface area (Å²) in [5.74, 6) is 0.0324. The Kier molecular flexibility index (Phi) is 3.84. The van der Waals surface area contributed by atoms with Gasteiger partial charge in [0.2, 0.25) is 10.0 Å². The summed E-state index contributed by atoms with van der Waals surface area (Å²) >= 11 is 0. The van der Waals surface area contributed by atoms with Gasteiger partial charge in [0.25, 0.3) is 0 Å². The van der Waals surface area contributed by atoms with E-state index in [0.717, 1.165) is 0 Å². The molecule has 8 heteroatoms. The molecule has 0 bridgehead atoms. The molecule has 0 unspecified atom stereocenters. The van der Waals surface area contributed by atoms with Crippen LogP contribution in [-0.4, -0.2) is 37.0 Å². The minimum Gasteiger partial charge on any atom is -0.381 e. The topological polar surface area (TPSA) is 99.2 Å². The first-order chi connectivity index (χ1) is 8.86. The molecule has 2 rings (SSSR count). The molecule has 0 aromatic carbocycles. The Balaban J connectivity index is 2.24. The Labute approximate surface area is 113 Å². The molecule has 1 fully saturated rings. The van der Waals surface area contributed by atoms with E-state index in [9.17, 15) is 8.42 Å². The maximum Gasteiger partial charge on any atom is 0.246 e. The molecular weight excluding hydrogens is 268 g/mol. The van der Waals surface area contributed by atoms with Crippen molar-refractivity contribution in [3.63, 3.8) is 0 Å². The molecule has 0 saturated carbocycles. The summed E-state index contributed by atoms with van der Waals surface area (Å²) in [4.78, 5) is 0.0436. The Morgan fingerprint density at radius 2 is 2.16 bits per heavy atom. The number of nitrogen functional groups attached to an aromatic ring is 1. The molecule has 0 atom stereocenters. The number of nitrogens with two attached hydrogens (primary N) is 1. The van der Waals surface area contributed by atoms with Gasteiger partial charge in [0, 0.05) is 31.5 Å². The quantitative estimate of drug-likeness (QED) is 0.832. The van der Waals surface area contributed by atoms with Crippen LogP contribution in [-0.2, 0) is 21.3 Å². The number of nitrogens with one attached hydrogen (secondary N) is 1. The fourth-order valence-electron chi connectivity index (χ4n) is 2.09. The van der Waals surface area contributed by atoms with E-state index in [2.05, 4.69) is 9.82 Å². The van der Waals surface area contributed by atoms with Crippen LogP contribution in [0.1, 0.15) is 26.7 Å². The Morgan fingerprint density at radius 1 is 1.53 bits per heavy atom. The summed E-state index contributed by atoms with van der Waals surface area (Å²) in [6.45, 7) is 5.44. The zero-order chi connectivity index (χ0) is 14.1. The van der Waals surface area contributed by atoms with Gasteiger partial charge in [-0.25, -0.2) is 13.1 Å². The molecule has 1 aliphatic rings. The zero-order valence-corrected chi connectivity index (χ0v) is 12.0. The highest BCUT2D eigenvalue weighted by molar-refractivity contribution is 7.89. The lowest BCUT2D eigenvalue weighted by atomic mass is 9.94. The average Bonchev–Trinajstić information content (AvgIpc) is 2.71. The predicted molar refractivity (Wildman–Crippen MR) is 71.1 cm³/mol. The fourth-order valence-corrected chi connectivity index (χ4v) is 3.63. The molecule has 7 nitrogen and oxygen atoms in total. The molecule has 2 heterocycles. The average molecular weight is 288 g/mol. The molecule has 0 aliphatic carbocycles. The van der Waals surface area contributed by atoms with Crippen molar-refractivity contribution in [3.05, 3.63) is 6.20 Å². The van der Waals surface area contributed by atoms with Gasteiger partial charge in [0.05, 0.1) is 0 Å². The Bertz CT molecular complexity index is 546. The van der Waals surface area contributed by atoms with Crippen LogP contribution >= 0.6 is 0 Å². The fraction of sp³-hybridized carbons (Fsp3) is 0.727. The first kappa shape index (κ1) is 14.3. The number of hydrogen-bond donors (Lipinski definition) is 2. The largest absolute Gasteiger partial charge is 0.381 e. The molecule has 1 aromatic rings. The van der Waals surface area contributed by atoms with E-state index in [1.807, 2.05) is 13.8 Å². The van der Waals surface area contributed by atoms with E-state index < -0.39 is 15.6 Å². The van der Waals surface area contributed by atoms with Gasteiger partial charge < -0.3 is 10.5 Å². The van der Waals surface area contributed by atoms with Gasteiger partial charge in [-0.05, 0) is 26.7 Å². The molecule has 0 amide bonds. The van der Waals surface area contributed by atoms with E-state index >= 15 is 0 Å². The number of sulfonamides is 1. The number of nitrogens with zero attached hydrogens (tertiary/aromatic N) is 2. The third-order valence-electron chi connectivity index (χ3n) is 3.35. The van der Waals surface area contributed by atoms with Gasteiger partial charge in [-0.1, -0.05) is 0 Å². The maximum absolute atomic E-state index is 12.4. The molecule has 1 aromatic heterocycles. The number of aromatic nitrogens is 2. The van der Waals surface area contributed by atoms with Crippen molar-refractivity contribution in [3.8, 4) is 0 Å². The molecule has 19 heavy (non-hydrogen) atoms. The lowest BCUT2D eigenvalue weighted by molar-refractivity contribution is 0.0537. The van der Waals surface area contributed by atoms with Gasteiger partial charge in [-0.3, -0.25) is 4.68 Å². The van der Waals surface area contributed by atoms with E-state index in [4.69, 9.17) is 10.5 Å². The van der Waals surface area contributed by atoms with Crippen LogP contribution in [0.25, 0.3) is 0 Å². The molecular formula is C11H20N4O3S. The minimum absolute atomic E-state index is 0.0324. The predicted octanol–water partition coefficient (Wildman–Crippen LogP) is 0.333. The minimum atomic E-state index is -3.65. The Morgan fingerprint density at radius 3 is 2.68 bits per heavy atom. The van der Waals surface area contributed by atoms with E-state index in [0.29, 0.717) is 32.6 Å². The van der Waals surface area contributed by atoms with Crippen molar-refractivity contribution in [1.29, 1.82) is 0 Å². The third-order valence-corrected chi connectivity index (χ3v) is 5.00. The summed E-state index contributed by atoms with van der Waals surface area (Å²) < 4.78 is 34.2. The normalized spacial score (nSPS) is 19.5. The van der Waals surface area contributed by atoms with Gasteiger partial charge in [-0.2, -0.15) is 5.10 Å².